The Morgan fingerprint density at radius 1 is 1.38 bits per heavy atom. The van der Waals surface area contributed by atoms with Crippen molar-refractivity contribution in [2.45, 2.75) is 38.0 Å². The van der Waals surface area contributed by atoms with Crippen LogP contribution in [-0.2, 0) is 23.5 Å². The van der Waals surface area contributed by atoms with Crippen LogP contribution >= 0.6 is 23.2 Å². The molecule has 6 heteroatoms. The van der Waals surface area contributed by atoms with E-state index in [1.165, 1.54) is 0 Å². The first kappa shape index (κ1) is 19.0. The maximum Gasteiger partial charge on any atom is 0.196 e. The molecule has 0 spiro atoms. The quantitative estimate of drug-likeness (QED) is 0.772. The summed E-state index contributed by atoms with van der Waals surface area (Å²) in [5.74, 6) is -0.519. The highest BCUT2D eigenvalue weighted by molar-refractivity contribution is 6.35. The number of halogens is 3. The summed E-state index contributed by atoms with van der Waals surface area (Å²) in [6.45, 7) is 3.67. The monoisotopic (exact) mass is 393 g/mol. The molecule has 136 valence electrons. The van der Waals surface area contributed by atoms with Gasteiger partial charge >= 0.3 is 0 Å². The van der Waals surface area contributed by atoms with Crippen molar-refractivity contribution >= 4 is 34.6 Å². The van der Waals surface area contributed by atoms with Crippen molar-refractivity contribution in [2.24, 2.45) is 0 Å². The highest BCUT2D eigenvalue weighted by atomic mass is 35.5. The number of hydrogen-bond donors (Lipinski definition) is 1. The predicted octanol–water partition coefficient (Wildman–Crippen LogP) is 5.05. The molecule has 1 atom stereocenters. The first-order valence-corrected chi connectivity index (χ1v) is 9.06. The molecule has 0 bridgehead atoms. The number of ketones is 1. The minimum absolute atomic E-state index is 0.0360. The summed E-state index contributed by atoms with van der Waals surface area (Å²) in [6.07, 6.45) is 2.21. The number of aromatic nitrogens is 1. The number of pyridine rings is 1. The smallest absolute Gasteiger partial charge is 0.196 e. The zero-order chi connectivity index (χ0) is 18.9. The van der Waals surface area contributed by atoms with E-state index in [0.717, 1.165) is 5.57 Å². The topological polar surface area (TPSA) is 50.2 Å². The average Bonchev–Trinajstić information content (AvgIpc) is 2.63. The second kappa shape index (κ2) is 7.47. The number of fused-ring (bicyclic) bond motifs is 1. The summed E-state index contributed by atoms with van der Waals surface area (Å²) in [4.78, 5) is 17.0. The Balaban J connectivity index is 1.86. The lowest BCUT2D eigenvalue weighted by molar-refractivity contribution is -0.131. The van der Waals surface area contributed by atoms with E-state index in [4.69, 9.17) is 23.2 Å². The van der Waals surface area contributed by atoms with Crippen molar-refractivity contribution in [2.75, 3.05) is 0 Å². The molecule has 3 rings (SSSR count). The van der Waals surface area contributed by atoms with Gasteiger partial charge in [-0.2, -0.15) is 0 Å². The van der Waals surface area contributed by atoms with Gasteiger partial charge < -0.3 is 5.11 Å². The van der Waals surface area contributed by atoms with Crippen LogP contribution in [0.4, 0.5) is 4.39 Å². The molecule has 2 aromatic rings. The van der Waals surface area contributed by atoms with Crippen LogP contribution in [0.3, 0.4) is 0 Å². The molecule has 26 heavy (non-hydrogen) atoms. The van der Waals surface area contributed by atoms with E-state index in [-0.39, 0.29) is 31.4 Å². The van der Waals surface area contributed by atoms with E-state index in [9.17, 15) is 9.90 Å². The molecular formula is C20H18Cl2FNO2. The Morgan fingerprint density at radius 3 is 2.88 bits per heavy atom. The largest absolute Gasteiger partial charge is 0.392 e. The van der Waals surface area contributed by atoms with Crippen LogP contribution in [0.25, 0.3) is 5.57 Å². The first-order chi connectivity index (χ1) is 12.4. The minimum atomic E-state index is -2.08. The van der Waals surface area contributed by atoms with Crippen molar-refractivity contribution in [1.82, 2.24) is 4.98 Å². The number of hydrogen-bond acceptors (Lipinski definition) is 3. The molecule has 0 saturated carbocycles. The zero-order valence-electron chi connectivity index (χ0n) is 14.1. The fourth-order valence-corrected chi connectivity index (χ4v) is 4.02. The molecule has 1 N–H and O–H groups in total. The fraction of sp³-hybridized carbons (Fsp3) is 0.300. The molecule has 1 aromatic carbocycles. The van der Waals surface area contributed by atoms with Crippen LogP contribution in [-0.4, -0.2) is 15.9 Å². The molecule has 1 heterocycles. The van der Waals surface area contributed by atoms with E-state index in [1.54, 1.807) is 30.5 Å². The van der Waals surface area contributed by atoms with E-state index in [1.807, 2.05) is 0 Å². The average molecular weight is 394 g/mol. The number of rotatable bonds is 5. The number of carbonyl (C=O) groups is 1. The molecule has 0 saturated heterocycles. The van der Waals surface area contributed by atoms with Crippen molar-refractivity contribution in [3.63, 3.8) is 0 Å². The summed E-state index contributed by atoms with van der Waals surface area (Å²) in [6, 6.07) is 6.37. The third-order valence-corrected chi connectivity index (χ3v) is 5.36. The number of benzene rings is 1. The van der Waals surface area contributed by atoms with Gasteiger partial charge in [-0.05, 0) is 54.2 Å². The van der Waals surface area contributed by atoms with Crippen molar-refractivity contribution in [1.29, 1.82) is 0 Å². The van der Waals surface area contributed by atoms with Crippen molar-refractivity contribution in [3.05, 3.63) is 69.5 Å². The van der Waals surface area contributed by atoms with Crippen LogP contribution < -0.4 is 0 Å². The highest BCUT2D eigenvalue weighted by Gasteiger charge is 2.44. The molecule has 0 aliphatic heterocycles. The minimum Gasteiger partial charge on any atom is -0.392 e. The van der Waals surface area contributed by atoms with Gasteiger partial charge in [-0.25, -0.2) is 4.39 Å². The van der Waals surface area contributed by atoms with Crippen LogP contribution in [0.2, 0.25) is 10.0 Å². The van der Waals surface area contributed by atoms with Crippen molar-refractivity contribution in [3.8, 4) is 0 Å². The number of aliphatic hydroxyl groups is 1. The molecule has 1 aliphatic carbocycles. The van der Waals surface area contributed by atoms with Crippen molar-refractivity contribution < 1.29 is 14.3 Å². The van der Waals surface area contributed by atoms with E-state index in [0.29, 0.717) is 33.3 Å². The third-order valence-electron chi connectivity index (χ3n) is 4.81. The maximum atomic E-state index is 15.6. The predicted molar refractivity (Wildman–Crippen MR) is 101 cm³/mol. The van der Waals surface area contributed by atoms with Crippen LogP contribution in [0.15, 0.2) is 37.0 Å². The Bertz CT molecular complexity index is 884. The lowest BCUT2D eigenvalue weighted by Crippen LogP contribution is -2.35. The van der Waals surface area contributed by atoms with Gasteiger partial charge in [0.1, 0.15) is 0 Å². The maximum absolute atomic E-state index is 15.6. The van der Waals surface area contributed by atoms with Gasteiger partial charge in [0.2, 0.25) is 0 Å². The summed E-state index contributed by atoms with van der Waals surface area (Å²) >= 11 is 12.1. The van der Waals surface area contributed by atoms with Gasteiger partial charge in [-0.1, -0.05) is 35.8 Å². The number of carbonyl (C=O) groups excluding carboxylic acids is 1. The number of alkyl halides is 1. The second-order valence-corrected chi connectivity index (χ2v) is 7.25. The van der Waals surface area contributed by atoms with E-state index >= 15 is 4.39 Å². The molecule has 0 radical (unpaired) electrons. The Morgan fingerprint density at radius 2 is 2.15 bits per heavy atom. The third kappa shape index (κ3) is 3.41. The van der Waals surface area contributed by atoms with Crippen LogP contribution in [0.1, 0.15) is 41.6 Å². The van der Waals surface area contributed by atoms with Crippen LogP contribution in [0, 0.1) is 0 Å². The summed E-state index contributed by atoms with van der Waals surface area (Å²) in [5.41, 5.74) is 0.568. The molecule has 1 aromatic heterocycles. The van der Waals surface area contributed by atoms with Gasteiger partial charge in [-0.15, -0.1) is 0 Å². The first-order valence-electron chi connectivity index (χ1n) is 8.30. The second-order valence-electron chi connectivity index (χ2n) is 6.41. The molecular weight excluding hydrogens is 376 g/mol. The standard InChI is InChI=1S/C20H18Cl2FNO2/c1-12-6-7-20(23,16-3-2-8-24-19(12)16)18(26)5-4-15-13(11-25)9-14(21)10-17(15)22/h2-3,8-10,25H,1,4-7,11H2/t20-/m0/s1. The zero-order valence-corrected chi connectivity index (χ0v) is 15.6. The highest BCUT2D eigenvalue weighted by Crippen LogP contribution is 2.43. The normalized spacial score (nSPS) is 19.3. The van der Waals surface area contributed by atoms with E-state index in [2.05, 4.69) is 11.6 Å². The SMILES string of the molecule is C=C1CC[C@@](F)(C(=O)CCc2c(Cl)cc(Cl)cc2CO)c2cccnc21. The number of allylic oxidation sites excluding steroid dienone is 1. The fourth-order valence-electron chi connectivity index (χ4n) is 3.39. The van der Waals surface area contributed by atoms with Crippen LogP contribution in [0.5, 0.6) is 0 Å². The summed E-state index contributed by atoms with van der Waals surface area (Å²) < 4.78 is 15.6. The van der Waals surface area contributed by atoms with Gasteiger partial charge in [0.05, 0.1) is 12.3 Å². The Hall–Kier alpha value is -1.75. The number of aliphatic hydroxyl groups excluding tert-OH is 1. The Kier molecular flexibility index (Phi) is 5.47. The molecule has 1 aliphatic rings. The summed E-state index contributed by atoms with van der Waals surface area (Å²) in [5, 5.41) is 10.3. The lowest BCUT2D eigenvalue weighted by atomic mass is 9.77. The van der Waals surface area contributed by atoms with Gasteiger partial charge in [0.15, 0.2) is 11.5 Å². The van der Waals surface area contributed by atoms with E-state index < -0.39 is 11.5 Å². The lowest BCUT2D eigenvalue weighted by Gasteiger charge is -2.31. The molecule has 0 unspecified atom stereocenters. The number of nitrogens with zero attached hydrogens (tertiary/aromatic N) is 1. The molecule has 0 amide bonds. The van der Waals surface area contributed by atoms with Gasteiger partial charge in [0.25, 0.3) is 0 Å². The Labute approximate surface area is 161 Å². The molecule has 0 fully saturated rings. The molecule has 3 nitrogen and oxygen atoms in total. The summed E-state index contributed by atoms with van der Waals surface area (Å²) in [7, 11) is 0. The van der Waals surface area contributed by atoms with Gasteiger partial charge in [0, 0.05) is 28.2 Å². The van der Waals surface area contributed by atoms with Gasteiger partial charge in [-0.3, -0.25) is 9.78 Å². The number of Topliss-reactive ketones (excluding diaryl/α,β-unsaturated/α-hetero) is 1.